The van der Waals surface area contributed by atoms with Crippen molar-refractivity contribution >= 4 is 17.8 Å². The number of aliphatic hydroxyl groups is 1. The van der Waals surface area contributed by atoms with Crippen LogP contribution in [0, 0.1) is 24.7 Å². The van der Waals surface area contributed by atoms with Crippen LogP contribution in [0.15, 0.2) is 35.9 Å². The van der Waals surface area contributed by atoms with E-state index < -0.39 is 71.7 Å². The molecule has 0 aliphatic carbocycles. The molecular formula is C40H62N2O9. The summed E-state index contributed by atoms with van der Waals surface area (Å²) in [4.78, 5) is 45.7. The first-order chi connectivity index (χ1) is 23.9. The topological polar surface area (TPSA) is 124 Å². The van der Waals surface area contributed by atoms with Crippen molar-refractivity contribution in [2.24, 2.45) is 17.8 Å². The number of likely N-dealkylation sites (N-methyl/N-ethyl adjacent to an activating group) is 1. The second-order valence-corrected chi connectivity index (χ2v) is 15.9. The number of aryl methyl sites for hydroxylation is 1. The van der Waals surface area contributed by atoms with Crippen LogP contribution in [0.1, 0.15) is 85.8 Å². The summed E-state index contributed by atoms with van der Waals surface area (Å²) in [5.41, 5.74) is 0.210. The van der Waals surface area contributed by atoms with E-state index in [4.69, 9.17) is 23.7 Å². The quantitative estimate of drug-likeness (QED) is 0.346. The van der Waals surface area contributed by atoms with E-state index in [0.717, 1.165) is 11.1 Å². The van der Waals surface area contributed by atoms with Gasteiger partial charge in [0, 0.05) is 43.0 Å². The van der Waals surface area contributed by atoms with E-state index in [0.29, 0.717) is 31.4 Å². The SMILES string of the molecule is CC[C@H]1OC(=O)/C(C)=C/[C@H](C)[C@@H](O[C@@H]2O[C@H](C)C[C@H](N(C)C)[C@H]2O)[C@](C)(OC)C[C@@H](C)C(=O)[C@H](C)[C@H]2N(CCc3ccc(C)cc3)C(=O)O[C@]12C. The molecule has 0 aromatic heterocycles. The number of ether oxygens (including phenoxy) is 5. The van der Waals surface area contributed by atoms with Crippen LogP contribution in [-0.2, 0) is 39.7 Å². The van der Waals surface area contributed by atoms with Crippen molar-refractivity contribution in [3.05, 3.63) is 47.0 Å². The third-order valence-electron chi connectivity index (χ3n) is 11.5. The number of methoxy groups -OCH3 is 1. The average molecular weight is 715 g/mol. The number of carbonyl (C=O) groups excluding carboxylic acids is 3. The first kappa shape index (κ1) is 40.9. The van der Waals surface area contributed by atoms with Crippen LogP contribution in [0.4, 0.5) is 4.79 Å². The highest BCUT2D eigenvalue weighted by Crippen LogP contribution is 2.43. The van der Waals surface area contributed by atoms with E-state index in [1.807, 2.05) is 91.7 Å². The molecule has 0 spiro atoms. The molecule has 1 N–H and O–H groups in total. The molecule has 3 heterocycles. The molecule has 2 saturated heterocycles. The summed E-state index contributed by atoms with van der Waals surface area (Å²) in [6.45, 7) is 17.2. The zero-order chi connectivity index (χ0) is 38.0. The Labute approximate surface area is 304 Å². The summed E-state index contributed by atoms with van der Waals surface area (Å²) < 4.78 is 31.4. The number of rotatable bonds is 8. The Kier molecular flexibility index (Phi) is 13.2. The summed E-state index contributed by atoms with van der Waals surface area (Å²) in [6.07, 6.45) is -0.547. The number of carbonyl (C=O) groups is 3. The normalized spacial score (nSPS) is 39.5. The van der Waals surface area contributed by atoms with Gasteiger partial charge in [0.1, 0.15) is 18.0 Å². The van der Waals surface area contributed by atoms with Crippen LogP contribution in [0.3, 0.4) is 0 Å². The number of aliphatic hydroxyl groups excluding tert-OH is 1. The molecule has 12 atom stereocenters. The first-order valence-electron chi connectivity index (χ1n) is 18.6. The molecular weight excluding hydrogens is 652 g/mol. The highest BCUT2D eigenvalue weighted by molar-refractivity contribution is 5.88. The van der Waals surface area contributed by atoms with Crippen LogP contribution >= 0.6 is 0 Å². The number of benzene rings is 1. The fourth-order valence-corrected chi connectivity index (χ4v) is 8.62. The Hall–Kier alpha value is -2.83. The standard InChI is InChI=1S/C40H62N2O9/c1-13-31-40(9)34(42(38(46)51-40)19-18-29-16-14-23(2)15-17-29)28(7)32(43)26(5)22-39(8,47-12)35(24(3)20-25(4)36(45)49-31)50-37-33(44)30(41(10)11)21-27(6)48-37/h14-17,20,24,26-28,30-31,33-35,37,44H,13,18-19,21-22H2,1-12H3/b25-20+/t24-,26+,27+,28-,30-,31+,33+,34+,35+,37-,39+,40+/m0/s1. The Balaban J connectivity index is 1.76. The first-order valence-corrected chi connectivity index (χ1v) is 18.6. The molecule has 1 aromatic carbocycles. The number of fused-ring (bicyclic) bond motifs is 1. The molecule has 3 aliphatic heterocycles. The van der Waals surface area contributed by atoms with Crippen LogP contribution in [0.5, 0.6) is 0 Å². The molecule has 2 fully saturated rings. The number of nitrogens with zero attached hydrogens (tertiary/aromatic N) is 2. The molecule has 0 radical (unpaired) electrons. The van der Waals surface area contributed by atoms with E-state index in [9.17, 15) is 19.5 Å². The zero-order valence-corrected chi connectivity index (χ0v) is 32.8. The largest absolute Gasteiger partial charge is 0.455 e. The Morgan fingerprint density at radius 2 is 1.69 bits per heavy atom. The summed E-state index contributed by atoms with van der Waals surface area (Å²) in [7, 11) is 5.42. The van der Waals surface area contributed by atoms with Gasteiger partial charge >= 0.3 is 12.1 Å². The molecule has 0 bridgehead atoms. The molecule has 1 amide bonds. The maximum absolute atomic E-state index is 14.6. The lowest BCUT2D eigenvalue weighted by atomic mass is 9.74. The summed E-state index contributed by atoms with van der Waals surface area (Å²) in [5, 5.41) is 11.4. The van der Waals surface area contributed by atoms with Gasteiger partial charge in [-0.15, -0.1) is 0 Å². The van der Waals surface area contributed by atoms with Gasteiger partial charge in [0.05, 0.1) is 23.9 Å². The number of ketones is 1. The van der Waals surface area contributed by atoms with Gasteiger partial charge in [-0.1, -0.05) is 63.6 Å². The maximum atomic E-state index is 14.6. The maximum Gasteiger partial charge on any atom is 0.410 e. The lowest BCUT2D eigenvalue weighted by molar-refractivity contribution is -0.294. The molecule has 11 heteroatoms. The highest BCUT2D eigenvalue weighted by atomic mass is 16.7. The van der Waals surface area contributed by atoms with Crippen molar-refractivity contribution < 1.29 is 43.2 Å². The smallest absolute Gasteiger partial charge is 0.410 e. The van der Waals surface area contributed by atoms with Crippen molar-refractivity contribution in [1.29, 1.82) is 0 Å². The predicted octanol–water partition coefficient (Wildman–Crippen LogP) is 5.48. The molecule has 0 unspecified atom stereocenters. The van der Waals surface area contributed by atoms with Gasteiger partial charge in [0.25, 0.3) is 0 Å². The molecule has 4 rings (SSSR count). The minimum absolute atomic E-state index is 0.0697. The van der Waals surface area contributed by atoms with Gasteiger partial charge in [-0.2, -0.15) is 0 Å². The Morgan fingerprint density at radius 1 is 1.04 bits per heavy atom. The minimum Gasteiger partial charge on any atom is -0.455 e. The van der Waals surface area contributed by atoms with Crippen molar-refractivity contribution in [2.75, 3.05) is 27.7 Å². The zero-order valence-electron chi connectivity index (χ0n) is 32.8. The molecule has 1 aromatic rings. The summed E-state index contributed by atoms with van der Waals surface area (Å²) in [5.74, 6) is -2.26. The van der Waals surface area contributed by atoms with Gasteiger partial charge in [-0.3, -0.25) is 9.69 Å². The highest BCUT2D eigenvalue weighted by Gasteiger charge is 2.60. The summed E-state index contributed by atoms with van der Waals surface area (Å²) >= 11 is 0. The van der Waals surface area contributed by atoms with Gasteiger partial charge < -0.3 is 33.7 Å². The minimum atomic E-state index is -1.29. The lowest BCUT2D eigenvalue weighted by Crippen LogP contribution is -2.59. The van der Waals surface area contributed by atoms with Crippen LogP contribution in [0.25, 0.3) is 0 Å². The number of Topliss-reactive ketones (excluding diaryl/α,β-unsaturated/α-hetero) is 1. The van der Waals surface area contributed by atoms with E-state index >= 15 is 0 Å². The van der Waals surface area contributed by atoms with Crippen LogP contribution < -0.4 is 0 Å². The van der Waals surface area contributed by atoms with Crippen molar-refractivity contribution in [1.82, 2.24) is 9.80 Å². The van der Waals surface area contributed by atoms with Gasteiger partial charge in [-0.05, 0) is 80.0 Å². The number of amides is 1. The van der Waals surface area contributed by atoms with Crippen LogP contribution in [0.2, 0.25) is 0 Å². The fourth-order valence-electron chi connectivity index (χ4n) is 8.62. The second kappa shape index (κ2) is 16.5. The van der Waals surface area contributed by atoms with E-state index in [1.165, 1.54) is 0 Å². The van der Waals surface area contributed by atoms with Gasteiger partial charge in [0.2, 0.25) is 0 Å². The van der Waals surface area contributed by atoms with Gasteiger partial charge in [0.15, 0.2) is 11.9 Å². The number of hydrogen-bond acceptors (Lipinski definition) is 10. The lowest BCUT2D eigenvalue weighted by Gasteiger charge is -2.47. The third-order valence-corrected chi connectivity index (χ3v) is 11.5. The van der Waals surface area contributed by atoms with Crippen molar-refractivity contribution in [3.63, 3.8) is 0 Å². The van der Waals surface area contributed by atoms with Gasteiger partial charge in [-0.25, -0.2) is 9.59 Å². The molecule has 3 aliphatic rings. The number of hydrogen-bond donors (Lipinski definition) is 1. The van der Waals surface area contributed by atoms with Crippen LogP contribution in [-0.4, -0.2) is 114 Å². The fraction of sp³-hybridized carbons (Fsp3) is 0.725. The Morgan fingerprint density at radius 3 is 2.27 bits per heavy atom. The predicted molar refractivity (Wildman–Crippen MR) is 194 cm³/mol. The average Bonchev–Trinajstić information content (AvgIpc) is 3.34. The van der Waals surface area contributed by atoms with E-state index in [2.05, 4.69) is 0 Å². The van der Waals surface area contributed by atoms with E-state index in [1.54, 1.807) is 31.9 Å². The molecule has 51 heavy (non-hydrogen) atoms. The molecule has 0 saturated carbocycles. The number of esters is 1. The number of cyclic esters (lactones) is 1. The monoisotopic (exact) mass is 714 g/mol. The van der Waals surface area contributed by atoms with E-state index in [-0.39, 0.29) is 24.3 Å². The molecule has 11 nitrogen and oxygen atoms in total. The van der Waals surface area contributed by atoms with Crippen molar-refractivity contribution in [3.8, 4) is 0 Å². The third kappa shape index (κ3) is 8.70. The summed E-state index contributed by atoms with van der Waals surface area (Å²) in [6, 6.07) is 7.25. The molecule has 286 valence electrons. The second-order valence-electron chi connectivity index (χ2n) is 15.9. The van der Waals surface area contributed by atoms with Crippen molar-refractivity contribution in [2.45, 2.75) is 142 Å². The Bertz CT molecular complexity index is 1410.